The molecule has 25 heavy (non-hydrogen) atoms. The first kappa shape index (κ1) is 24.9. The second-order valence-corrected chi connectivity index (χ2v) is 9.52. The Hall–Kier alpha value is -0.140. The average molecular weight is 385 g/mol. The molecule has 0 aromatic heterocycles. The van der Waals surface area contributed by atoms with E-state index in [2.05, 4.69) is 44.2 Å². The average Bonchev–Trinajstić information content (AvgIpc) is 2.62. The van der Waals surface area contributed by atoms with Crippen LogP contribution in [0.25, 0.3) is 0 Å². The molecule has 1 rings (SSSR count). The van der Waals surface area contributed by atoms with Crippen molar-refractivity contribution in [2.75, 3.05) is 11.5 Å². The molecule has 0 amide bonds. The largest absolute Gasteiger partial charge is 1.00 e. The number of hydrogen-bond acceptors (Lipinski definition) is 0. The maximum atomic E-state index is 2.32. The van der Waals surface area contributed by atoms with E-state index in [4.69, 9.17) is 0 Å². The maximum absolute atomic E-state index is 2.32. The van der Waals surface area contributed by atoms with Gasteiger partial charge in [0.2, 0.25) is 0 Å². The topological polar surface area (TPSA) is 0 Å². The third kappa shape index (κ3) is 14.7. The molecule has 1 aromatic carbocycles. The molecule has 0 heterocycles. The maximum Gasteiger partial charge on any atom is 0.133 e. The van der Waals surface area contributed by atoms with Crippen molar-refractivity contribution >= 4 is 10.9 Å². The zero-order valence-electron chi connectivity index (χ0n) is 16.8. The lowest BCUT2D eigenvalue weighted by Crippen LogP contribution is -3.00. The Balaban J connectivity index is 0.00000576. The Kier molecular flexibility index (Phi) is 18.5. The van der Waals surface area contributed by atoms with Gasteiger partial charge in [0.15, 0.2) is 0 Å². The highest BCUT2D eigenvalue weighted by Gasteiger charge is 2.17. The minimum absolute atomic E-state index is 0. The lowest BCUT2D eigenvalue weighted by Gasteiger charge is -2.09. The van der Waals surface area contributed by atoms with E-state index in [1.807, 2.05) is 0 Å². The summed E-state index contributed by atoms with van der Waals surface area (Å²) in [5.41, 5.74) is 1.55. The summed E-state index contributed by atoms with van der Waals surface area (Å²) in [6.07, 6.45) is 17.2. The Bertz CT molecular complexity index is 366. The predicted molar refractivity (Wildman–Crippen MR) is 114 cm³/mol. The minimum atomic E-state index is 0. The van der Waals surface area contributed by atoms with E-state index in [0.29, 0.717) is 10.9 Å². The molecule has 0 nitrogen and oxygen atoms in total. The number of benzene rings is 1. The molecule has 0 saturated heterocycles. The predicted octanol–water partition coefficient (Wildman–Crippen LogP) is 4.53. The van der Waals surface area contributed by atoms with Crippen LogP contribution >= 0.6 is 0 Å². The molecule has 0 spiro atoms. The van der Waals surface area contributed by atoms with E-state index in [-0.39, 0.29) is 12.4 Å². The first-order valence-electron chi connectivity index (χ1n) is 10.5. The van der Waals surface area contributed by atoms with Crippen molar-refractivity contribution in [2.24, 2.45) is 0 Å². The monoisotopic (exact) mass is 384 g/mol. The van der Waals surface area contributed by atoms with Gasteiger partial charge in [0.1, 0.15) is 17.3 Å². The first-order valence-corrected chi connectivity index (χ1v) is 12.3. The van der Waals surface area contributed by atoms with E-state index in [1.165, 1.54) is 94.3 Å². The summed E-state index contributed by atoms with van der Waals surface area (Å²) in [7, 11) is 0.612. The number of rotatable bonds is 16. The van der Waals surface area contributed by atoms with E-state index in [9.17, 15) is 0 Å². The van der Waals surface area contributed by atoms with Gasteiger partial charge in [-0.2, -0.15) is 0 Å². The summed E-state index contributed by atoms with van der Waals surface area (Å²) < 4.78 is 0. The normalized spacial score (nSPS) is 11.9. The van der Waals surface area contributed by atoms with Crippen LogP contribution in [0.3, 0.4) is 0 Å². The van der Waals surface area contributed by atoms with Crippen molar-refractivity contribution in [1.82, 2.24) is 0 Å². The molecule has 0 fully saturated rings. The molecule has 0 aliphatic rings. The molecule has 2 heteroatoms. The highest BCUT2D eigenvalue weighted by Crippen LogP contribution is 2.15. The molecule has 0 N–H and O–H groups in total. The van der Waals surface area contributed by atoms with E-state index < -0.39 is 0 Å². The minimum Gasteiger partial charge on any atom is -1.00 e. The number of unbranched alkanes of at least 4 members (excludes halogenated alkanes) is 10. The molecular formula is C23H41ClS. The molecule has 0 radical (unpaired) electrons. The fourth-order valence-corrected chi connectivity index (χ4v) is 5.66. The fourth-order valence-electron chi connectivity index (χ4n) is 3.20. The summed E-state index contributed by atoms with van der Waals surface area (Å²) in [6.45, 7) is 4.62. The van der Waals surface area contributed by atoms with Crippen molar-refractivity contribution in [3.63, 3.8) is 0 Å². The van der Waals surface area contributed by atoms with Gasteiger partial charge in [-0.05, 0) is 30.2 Å². The van der Waals surface area contributed by atoms with Crippen LogP contribution in [0, 0.1) is 0 Å². The highest BCUT2D eigenvalue weighted by atomic mass is 35.5. The van der Waals surface area contributed by atoms with Crippen molar-refractivity contribution < 1.29 is 12.4 Å². The van der Waals surface area contributed by atoms with Gasteiger partial charge >= 0.3 is 0 Å². The standard InChI is InChI=1S/C23H41S.ClH/c1-3-5-7-8-9-10-11-12-13-17-21-24(20-6-4-2)22-23-18-15-14-16-19-23;/h14-16,18-19H,3-13,17,20-22H2,1-2H3;1H/q+1;/p-1. The second-order valence-electron chi connectivity index (χ2n) is 7.19. The van der Waals surface area contributed by atoms with Crippen LogP contribution in [0.1, 0.15) is 96.5 Å². The van der Waals surface area contributed by atoms with Crippen LogP contribution in [0.15, 0.2) is 30.3 Å². The van der Waals surface area contributed by atoms with Crippen molar-refractivity contribution in [2.45, 2.75) is 96.7 Å². The van der Waals surface area contributed by atoms with Crippen molar-refractivity contribution in [1.29, 1.82) is 0 Å². The quantitative estimate of drug-likeness (QED) is 0.290. The Morgan fingerprint density at radius 3 is 1.64 bits per heavy atom. The smallest absolute Gasteiger partial charge is 0.133 e. The van der Waals surface area contributed by atoms with Crippen LogP contribution in [-0.2, 0) is 16.6 Å². The van der Waals surface area contributed by atoms with Crippen LogP contribution in [0.2, 0.25) is 0 Å². The van der Waals surface area contributed by atoms with Gasteiger partial charge in [-0.3, -0.25) is 0 Å². The van der Waals surface area contributed by atoms with Crippen LogP contribution in [0.5, 0.6) is 0 Å². The van der Waals surface area contributed by atoms with Gasteiger partial charge in [-0.1, -0.05) is 102 Å². The Labute approximate surface area is 167 Å². The summed E-state index contributed by atoms with van der Waals surface area (Å²) in [4.78, 5) is 0. The van der Waals surface area contributed by atoms with Gasteiger partial charge in [0.25, 0.3) is 0 Å². The third-order valence-corrected chi connectivity index (χ3v) is 7.26. The Morgan fingerprint density at radius 1 is 0.600 bits per heavy atom. The summed E-state index contributed by atoms with van der Waals surface area (Å²) in [5, 5.41) is 0. The van der Waals surface area contributed by atoms with Gasteiger partial charge in [0, 0.05) is 5.56 Å². The molecule has 0 saturated carbocycles. The van der Waals surface area contributed by atoms with Crippen LogP contribution in [-0.4, -0.2) is 11.5 Å². The van der Waals surface area contributed by atoms with Gasteiger partial charge in [0.05, 0.1) is 0 Å². The second kappa shape index (κ2) is 18.6. The van der Waals surface area contributed by atoms with Gasteiger partial charge in [-0.25, -0.2) is 0 Å². The van der Waals surface area contributed by atoms with E-state index in [1.54, 1.807) is 5.56 Å². The molecule has 1 atom stereocenters. The SMILES string of the molecule is CCCCCCCCCCCC[S+](CCCC)Cc1ccccc1.[Cl-]. The van der Waals surface area contributed by atoms with E-state index >= 15 is 0 Å². The van der Waals surface area contributed by atoms with Crippen LogP contribution < -0.4 is 12.4 Å². The lowest BCUT2D eigenvalue weighted by molar-refractivity contribution is -0.00000527. The molecule has 0 aliphatic carbocycles. The molecule has 146 valence electrons. The Morgan fingerprint density at radius 2 is 1.08 bits per heavy atom. The van der Waals surface area contributed by atoms with Gasteiger partial charge in [-0.15, -0.1) is 0 Å². The zero-order chi connectivity index (χ0) is 17.3. The zero-order valence-corrected chi connectivity index (χ0v) is 18.4. The summed E-state index contributed by atoms with van der Waals surface area (Å²) in [6, 6.07) is 11.1. The molecule has 0 bridgehead atoms. The third-order valence-electron chi connectivity index (χ3n) is 4.79. The molecule has 0 aliphatic heterocycles. The lowest BCUT2D eigenvalue weighted by atomic mass is 10.1. The highest BCUT2D eigenvalue weighted by molar-refractivity contribution is 7.96. The van der Waals surface area contributed by atoms with Crippen LogP contribution in [0.4, 0.5) is 0 Å². The summed E-state index contributed by atoms with van der Waals surface area (Å²) >= 11 is 0. The molecular weight excluding hydrogens is 344 g/mol. The molecule has 1 unspecified atom stereocenters. The first-order chi connectivity index (χ1) is 11.9. The fraction of sp³-hybridized carbons (Fsp3) is 0.739. The van der Waals surface area contributed by atoms with E-state index in [0.717, 1.165) is 0 Å². The van der Waals surface area contributed by atoms with Crippen molar-refractivity contribution in [3.05, 3.63) is 35.9 Å². The number of hydrogen-bond donors (Lipinski definition) is 0. The molecule has 1 aromatic rings. The van der Waals surface area contributed by atoms with Crippen molar-refractivity contribution in [3.8, 4) is 0 Å². The number of halogens is 1. The van der Waals surface area contributed by atoms with Gasteiger partial charge < -0.3 is 12.4 Å². The summed E-state index contributed by atoms with van der Waals surface area (Å²) in [5.74, 6) is 4.23.